The lowest BCUT2D eigenvalue weighted by atomic mass is 10.0. The molecule has 1 saturated heterocycles. The van der Waals surface area contributed by atoms with Crippen molar-refractivity contribution >= 4 is 0 Å². The Balaban J connectivity index is 2.36. The molecule has 0 saturated carbocycles. The molecular weight excluding hydrogens is 331 g/mol. The molecule has 0 atom stereocenters. The van der Waals surface area contributed by atoms with Gasteiger partial charge in [-0.25, -0.2) is 4.68 Å². The Morgan fingerprint density at radius 3 is 2.40 bits per heavy atom. The second-order valence-electron chi connectivity index (χ2n) is 6.08. The molecule has 0 unspecified atom stereocenters. The monoisotopic (exact) mass is 347 g/mol. The van der Waals surface area contributed by atoms with E-state index in [1.54, 1.807) is 23.2 Å². The molecule has 0 amide bonds. The van der Waals surface area contributed by atoms with Gasteiger partial charge in [-0.2, -0.15) is 18.4 Å². The first-order chi connectivity index (χ1) is 11.8. The number of rotatable bonds is 2. The molecule has 2 aromatic rings. The smallest absolute Gasteiger partial charge is 0.310 e. The van der Waals surface area contributed by atoms with E-state index in [-0.39, 0.29) is 5.69 Å². The molecule has 0 N–H and O–H groups in total. The van der Waals surface area contributed by atoms with E-state index in [9.17, 15) is 18.0 Å². The Hall–Kier alpha value is -2.75. The van der Waals surface area contributed by atoms with Crippen LogP contribution in [0.25, 0.3) is 11.3 Å². The van der Waals surface area contributed by atoms with Gasteiger partial charge < -0.3 is 5.01 Å². The SMILES string of the molecule is Cc1cccc(-c2cc(C(F)(F)F)c(C#N)c(=O)n2N2CCCC2)c1. The van der Waals surface area contributed by atoms with Gasteiger partial charge in [-0.05, 0) is 31.9 Å². The molecular formula is C18H16F3N3O. The quantitative estimate of drug-likeness (QED) is 0.836. The van der Waals surface area contributed by atoms with Gasteiger partial charge in [0.15, 0.2) is 0 Å². The zero-order chi connectivity index (χ0) is 18.2. The highest BCUT2D eigenvalue weighted by molar-refractivity contribution is 5.63. The van der Waals surface area contributed by atoms with Crippen LogP contribution in [-0.4, -0.2) is 17.8 Å². The van der Waals surface area contributed by atoms with Crippen molar-refractivity contribution in [3.63, 3.8) is 0 Å². The molecule has 1 aliphatic rings. The third-order valence-electron chi connectivity index (χ3n) is 4.28. The summed E-state index contributed by atoms with van der Waals surface area (Å²) in [5, 5.41) is 10.9. The summed E-state index contributed by atoms with van der Waals surface area (Å²) in [7, 11) is 0. The molecule has 25 heavy (non-hydrogen) atoms. The first kappa shape index (κ1) is 17.1. The van der Waals surface area contributed by atoms with Gasteiger partial charge in [0.25, 0.3) is 5.56 Å². The Bertz CT molecular complexity index is 903. The van der Waals surface area contributed by atoms with Crippen molar-refractivity contribution in [3.8, 4) is 17.3 Å². The first-order valence-corrected chi connectivity index (χ1v) is 7.92. The Labute approximate surface area is 142 Å². The van der Waals surface area contributed by atoms with Crippen LogP contribution in [0.3, 0.4) is 0 Å². The van der Waals surface area contributed by atoms with Crippen LogP contribution in [0.15, 0.2) is 35.1 Å². The molecule has 0 radical (unpaired) electrons. The van der Waals surface area contributed by atoms with Crippen molar-refractivity contribution < 1.29 is 13.2 Å². The van der Waals surface area contributed by atoms with Gasteiger partial charge in [-0.1, -0.05) is 23.8 Å². The van der Waals surface area contributed by atoms with E-state index in [4.69, 9.17) is 5.26 Å². The number of benzene rings is 1. The largest absolute Gasteiger partial charge is 0.417 e. The number of hydrogen-bond acceptors (Lipinski definition) is 3. The van der Waals surface area contributed by atoms with Crippen molar-refractivity contribution in [2.45, 2.75) is 25.9 Å². The average Bonchev–Trinajstić information content (AvgIpc) is 3.07. The standard InChI is InChI=1S/C18H16F3N3O/c1-12-5-4-6-13(9-12)16-10-15(18(19,20)21)14(11-22)17(25)24(16)23-7-2-3-8-23/h4-6,9-10H,2-3,7-8H2,1H3. The summed E-state index contributed by atoms with van der Waals surface area (Å²) in [4.78, 5) is 12.7. The zero-order valence-electron chi connectivity index (χ0n) is 13.6. The summed E-state index contributed by atoms with van der Waals surface area (Å²) >= 11 is 0. The Morgan fingerprint density at radius 2 is 1.84 bits per heavy atom. The fraction of sp³-hybridized carbons (Fsp3) is 0.333. The normalized spacial score (nSPS) is 14.6. The minimum atomic E-state index is -4.77. The highest BCUT2D eigenvalue weighted by Gasteiger charge is 2.37. The molecule has 0 bridgehead atoms. The van der Waals surface area contributed by atoms with Crippen molar-refractivity contribution in [1.82, 2.24) is 4.68 Å². The molecule has 1 aromatic heterocycles. The van der Waals surface area contributed by atoms with E-state index in [1.807, 2.05) is 13.0 Å². The molecule has 1 aliphatic heterocycles. The third-order valence-corrected chi connectivity index (χ3v) is 4.28. The van der Waals surface area contributed by atoms with E-state index in [1.165, 1.54) is 10.7 Å². The van der Waals surface area contributed by atoms with Gasteiger partial charge in [0.2, 0.25) is 0 Å². The summed E-state index contributed by atoms with van der Waals surface area (Å²) < 4.78 is 41.4. The fourth-order valence-electron chi connectivity index (χ4n) is 3.12. The van der Waals surface area contributed by atoms with Gasteiger partial charge in [0.05, 0.1) is 11.3 Å². The van der Waals surface area contributed by atoms with E-state index in [0.29, 0.717) is 18.7 Å². The lowest BCUT2D eigenvalue weighted by molar-refractivity contribution is -0.137. The van der Waals surface area contributed by atoms with Crippen LogP contribution in [0.4, 0.5) is 13.2 Å². The third kappa shape index (κ3) is 3.12. The van der Waals surface area contributed by atoms with E-state index in [2.05, 4.69) is 0 Å². The summed E-state index contributed by atoms with van der Waals surface area (Å²) in [6.45, 7) is 2.96. The maximum atomic E-state index is 13.4. The van der Waals surface area contributed by atoms with Crippen LogP contribution in [0.2, 0.25) is 0 Å². The van der Waals surface area contributed by atoms with Crippen LogP contribution >= 0.6 is 0 Å². The topological polar surface area (TPSA) is 49.0 Å². The Kier molecular flexibility index (Phi) is 4.29. The number of alkyl halides is 3. The number of aromatic nitrogens is 1. The lowest BCUT2D eigenvalue weighted by Crippen LogP contribution is -2.43. The van der Waals surface area contributed by atoms with Crippen molar-refractivity contribution in [2.75, 3.05) is 18.1 Å². The van der Waals surface area contributed by atoms with Crippen molar-refractivity contribution in [2.24, 2.45) is 0 Å². The van der Waals surface area contributed by atoms with Gasteiger partial charge in [-0.15, -0.1) is 0 Å². The van der Waals surface area contributed by atoms with E-state index in [0.717, 1.165) is 24.5 Å². The predicted molar refractivity (Wildman–Crippen MR) is 87.8 cm³/mol. The lowest BCUT2D eigenvalue weighted by Gasteiger charge is -2.26. The maximum Gasteiger partial charge on any atom is 0.417 e. The fourth-order valence-corrected chi connectivity index (χ4v) is 3.12. The predicted octanol–water partition coefficient (Wildman–Crippen LogP) is 3.45. The molecule has 1 aromatic carbocycles. The minimum Gasteiger partial charge on any atom is -0.310 e. The molecule has 1 fully saturated rings. The van der Waals surface area contributed by atoms with Crippen LogP contribution in [0, 0.1) is 18.3 Å². The second kappa shape index (κ2) is 6.28. The molecule has 7 heteroatoms. The van der Waals surface area contributed by atoms with Crippen molar-refractivity contribution in [3.05, 3.63) is 57.4 Å². The summed E-state index contributed by atoms with van der Waals surface area (Å²) in [6, 6.07) is 9.31. The molecule has 0 spiro atoms. The number of nitrogens with zero attached hydrogens (tertiary/aromatic N) is 3. The number of halogens is 3. The number of hydrogen-bond donors (Lipinski definition) is 0. The molecule has 0 aliphatic carbocycles. The number of pyridine rings is 1. The van der Waals surface area contributed by atoms with Crippen LogP contribution in [-0.2, 0) is 6.18 Å². The number of aryl methyl sites for hydroxylation is 1. The average molecular weight is 347 g/mol. The van der Waals surface area contributed by atoms with Gasteiger partial charge in [0.1, 0.15) is 11.6 Å². The molecule has 2 heterocycles. The molecule has 130 valence electrons. The highest BCUT2D eigenvalue weighted by atomic mass is 19.4. The highest BCUT2D eigenvalue weighted by Crippen LogP contribution is 2.34. The van der Waals surface area contributed by atoms with Crippen molar-refractivity contribution in [1.29, 1.82) is 5.26 Å². The van der Waals surface area contributed by atoms with Crippen LogP contribution < -0.4 is 10.6 Å². The summed E-state index contributed by atoms with van der Waals surface area (Å²) in [5.41, 5.74) is -1.43. The van der Waals surface area contributed by atoms with Crippen LogP contribution in [0.5, 0.6) is 0 Å². The summed E-state index contributed by atoms with van der Waals surface area (Å²) in [6.07, 6.45) is -3.07. The first-order valence-electron chi connectivity index (χ1n) is 7.92. The number of nitriles is 1. The van der Waals surface area contributed by atoms with E-state index >= 15 is 0 Å². The Morgan fingerprint density at radius 1 is 1.16 bits per heavy atom. The van der Waals surface area contributed by atoms with E-state index < -0.39 is 22.9 Å². The minimum absolute atomic E-state index is 0.155. The van der Waals surface area contributed by atoms with Gasteiger partial charge in [0, 0.05) is 18.7 Å². The zero-order valence-corrected chi connectivity index (χ0v) is 13.6. The maximum absolute atomic E-state index is 13.4. The summed E-state index contributed by atoms with van der Waals surface area (Å²) in [5.74, 6) is 0. The van der Waals surface area contributed by atoms with Crippen LogP contribution in [0.1, 0.15) is 29.5 Å². The van der Waals surface area contributed by atoms with Gasteiger partial charge in [-0.3, -0.25) is 4.79 Å². The molecule has 3 rings (SSSR count). The molecule has 4 nitrogen and oxygen atoms in total. The second-order valence-corrected chi connectivity index (χ2v) is 6.08. The van der Waals surface area contributed by atoms with Gasteiger partial charge >= 0.3 is 6.18 Å².